The Balaban J connectivity index is 1.89. The molecule has 0 fully saturated rings. The zero-order valence-electron chi connectivity index (χ0n) is 18.3. The minimum absolute atomic E-state index is 0.319. The summed E-state index contributed by atoms with van der Waals surface area (Å²) in [7, 11) is 0. The molecule has 0 aliphatic rings. The zero-order chi connectivity index (χ0) is 21.8. The van der Waals surface area contributed by atoms with Crippen LogP contribution in [0.4, 0.5) is 8.78 Å². The van der Waals surface area contributed by atoms with Crippen molar-refractivity contribution in [2.24, 2.45) is 0 Å². The van der Waals surface area contributed by atoms with E-state index in [-0.39, 0.29) is 5.75 Å². The van der Waals surface area contributed by atoms with Crippen LogP contribution < -0.4 is 4.74 Å². The first-order valence-electron chi connectivity index (χ1n) is 11.3. The summed E-state index contributed by atoms with van der Waals surface area (Å²) in [5.74, 6) is -3.08. The van der Waals surface area contributed by atoms with Gasteiger partial charge in [0.25, 0.3) is 0 Å². The van der Waals surface area contributed by atoms with E-state index >= 15 is 0 Å². The lowest BCUT2D eigenvalue weighted by atomic mass is 10.0. The Kier molecular flexibility index (Phi) is 10.5. The van der Waals surface area contributed by atoms with Crippen LogP contribution in [0.1, 0.15) is 93.1 Å². The van der Waals surface area contributed by atoms with Gasteiger partial charge < -0.3 is 4.74 Å². The number of halogens is 2. The van der Waals surface area contributed by atoms with Gasteiger partial charge in [-0.15, -0.1) is 0 Å². The standard InChI is InChI=1S/C26H34F2O2/c1-3-5-7-8-9-11-12-20-14-16-22(17-15-20)26(29)30-23-19-18-21(13-10-6-4-2)24(27)25(23)28/h14-19H,3-13H2,1-2H3. The van der Waals surface area contributed by atoms with E-state index in [0.717, 1.165) is 37.7 Å². The number of carbonyl (C=O) groups is 1. The molecule has 0 radical (unpaired) electrons. The SMILES string of the molecule is CCCCCCCCc1ccc(C(=O)Oc2ccc(CCCCC)c(F)c2F)cc1. The third kappa shape index (κ3) is 7.55. The van der Waals surface area contributed by atoms with Crippen LogP contribution in [0.5, 0.6) is 5.75 Å². The first-order valence-corrected chi connectivity index (χ1v) is 11.3. The molecule has 0 aliphatic heterocycles. The lowest BCUT2D eigenvalue weighted by Gasteiger charge is -2.09. The Hall–Kier alpha value is -2.23. The van der Waals surface area contributed by atoms with Crippen molar-refractivity contribution in [3.8, 4) is 5.75 Å². The van der Waals surface area contributed by atoms with Gasteiger partial charge in [-0.1, -0.05) is 77.0 Å². The Bertz CT molecular complexity index is 784. The fourth-order valence-corrected chi connectivity index (χ4v) is 3.48. The number of ether oxygens (including phenoxy) is 1. The molecule has 2 rings (SSSR count). The summed E-state index contributed by atoms with van der Waals surface area (Å²) in [5, 5.41) is 0. The maximum absolute atomic E-state index is 14.3. The third-order valence-electron chi connectivity index (χ3n) is 5.39. The van der Waals surface area contributed by atoms with Crippen molar-refractivity contribution in [1.82, 2.24) is 0 Å². The number of esters is 1. The molecule has 0 saturated carbocycles. The van der Waals surface area contributed by atoms with E-state index in [1.165, 1.54) is 44.2 Å². The molecule has 4 heteroatoms. The molecule has 0 atom stereocenters. The first-order chi connectivity index (χ1) is 14.6. The fourth-order valence-electron chi connectivity index (χ4n) is 3.48. The highest BCUT2D eigenvalue weighted by molar-refractivity contribution is 5.91. The Morgan fingerprint density at radius 1 is 0.733 bits per heavy atom. The van der Waals surface area contributed by atoms with Gasteiger partial charge in [-0.2, -0.15) is 4.39 Å². The molecule has 0 amide bonds. The van der Waals surface area contributed by atoms with Gasteiger partial charge in [0.2, 0.25) is 5.82 Å². The Morgan fingerprint density at radius 2 is 1.33 bits per heavy atom. The third-order valence-corrected chi connectivity index (χ3v) is 5.39. The summed E-state index contributed by atoms with van der Waals surface area (Å²) in [5.41, 5.74) is 1.81. The van der Waals surface area contributed by atoms with Gasteiger partial charge >= 0.3 is 5.97 Å². The normalized spacial score (nSPS) is 10.9. The van der Waals surface area contributed by atoms with Crippen LogP contribution >= 0.6 is 0 Å². The second kappa shape index (κ2) is 13.1. The monoisotopic (exact) mass is 416 g/mol. The van der Waals surface area contributed by atoms with E-state index in [0.29, 0.717) is 17.5 Å². The largest absolute Gasteiger partial charge is 0.420 e. The van der Waals surface area contributed by atoms with Crippen LogP contribution in [0.15, 0.2) is 36.4 Å². The summed E-state index contributed by atoms with van der Waals surface area (Å²) >= 11 is 0. The van der Waals surface area contributed by atoms with Crippen molar-refractivity contribution < 1.29 is 18.3 Å². The molecular weight excluding hydrogens is 382 g/mol. The molecule has 2 nitrogen and oxygen atoms in total. The molecule has 2 aromatic rings. The number of carbonyl (C=O) groups excluding carboxylic acids is 1. The summed E-state index contributed by atoms with van der Waals surface area (Å²) in [6.45, 7) is 4.27. The summed E-state index contributed by atoms with van der Waals surface area (Å²) in [6, 6.07) is 10.0. The van der Waals surface area contributed by atoms with Gasteiger partial charge in [-0.05, 0) is 55.0 Å². The lowest BCUT2D eigenvalue weighted by molar-refractivity contribution is 0.0726. The maximum Gasteiger partial charge on any atom is 0.343 e. The Labute approximate surface area is 179 Å². The van der Waals surface area contributed by atoms with Gasteiger partial charge in [0.05, 0.1) is 5.56 Å². The molecular formula is C26H34F2O2. The smallest absolute Gasteiger partial charge is 0.343 e. The number of unbranched alkanes of at least 4 members (excludes halogenated alkanes) is 7. The average molecular weight is 417 g/mol. The number of benzene rings is 2. The fraction of sp³-hybridized carbons (Fsp3) is 0.500. The molecule has 0 N–H and O–H groups in total. The van der Waals surface area contributed by atoms with Crippen molar-refractivity contribution in [3.63, 3.8) is 0 Å². The zero-order valence-corrected chi connectivity index (χ0v) is 18.3. The van der Waals surface area contributed by atoms with Crippen LogP contribution in [0.2, 0.25) is 0 Å². The molecule has 0 bridgehead atoms. The van der Waals surface area contributed by atoms with Gasteiger partial charge in [0, 0.05) is 0 Å². The maximum atomic E-state index is 14.3. The quantitative estimate of drug-likeness (QED) is 0.189. The van der Waals surface area contributed by atoms with Crippen molar-refractivity contribution >= 4 is 5.97 Å². The molecule has 0 aromatic heterocycles. The van der Waals surface area contributed by atoms with Gasteiger partial charge in [0.15, 0.2) is 11.6 Å². The second-order valence-corrected chi connectivity index (χ2v) is 7.91. The van der Waals surface area contributed by atoms with Crippen LogP contribution in [-0.4, -0.2) is 5.97 Å². The van der Waals surface area contributed by atoms with Crippen LogP contribution in [0.3, 0.4) is 0 Å². The van der Waals surface area contributed by atoms with E-state index in [9.17, 15) is 13.6 Å². The van der Waals surface area contributed by atoms with Crippen LogP contribution in [0, 0.1) is 11.6 Å². The van der Waals surface area contributed by atoms with E-state index < -0.39 is 17.6 Å². The number of hydrogen-bond acceptors (Lipinski definition) is 2. The minimum atomic E-state index is -1.10. The van der Waals surface area contributed by atoms with Crippen LogP contribution in [-0.2, 0) is 12.8 Å². The molecule has 0 saturated heterocycles. The number of rotatable bonds is 13. The van der Waals surface area contributed by atoms with E-state index in [4.69, 9.17) is 4.74 Å². The highest BCUT2D eigenvalue weighted by Crippen LogP contribution is 2.25. The Morgan fingerprint density at radius 3 is 2.03 bits per heavy atom. The van der Waals surface area contributed by atoms with Crippen molar-refractivity contribution in [1.29, 1.82) is 0 Å². The summed E-state index contributed by atoms with van der Waals surface area (Å²) < 4.78 is 33.7. The van der Waals surface area contributed by atoms with E-state index in [1.54, 1.807) is 12.1 Å². The second-order valence-electron chi connectivity index (χ2n) is 7.91. The van der Waals surface area contributed by atoms with Crippen molar-refractivity contribution in [2.45, 2.75) is 84.5 Å². The topological polar surface area (TPSA) is 26.3 Å². The van der Waals surface area contributed by atoms with Gasteiger partial charge in [-0.3, -0.25) is 0 Å². The number of aryl methyl sites for hydroxylation is 2. The van der Waals surface area contributed by atoms with Gasteiger partial charge in [0.1, 0.15) is 0 Å². The predicted octanol–water partition coefficient (Wildman–Crippen LogP) is 7.82. The summed E-state index contributed by atoms with van der Waals surface area (Å²) in [4.78, 5) is 12.3. The summed E-state index contributed by atoms with van der Waals surface area (Å²) in [6.07, 6.45) is 11.7. The minimum Gasteiger partial charge on any atom is -0.420 e. The highest BCUT2D eigenvalue weighted by atomic mass is 19.2. The molecule has 164 valence electrons. The molecule has 0 heterocycles. The van der Waals surface area contributed by atoms with Crippen molar-refractivity contribution in [2.75, 3.05) is 0 Å². The molecule has 0 spiro atoms. The molecule has 0 unspecified atom stereocenters. The van der Waals surface area contributed by atoms with Crippen LogP contribution in [0.25, 0.3) is 0 Å². The highest BCUT2D eigenvalue weighted by Gasteiger charge is 2.17. The van der Waals surface area contributed by atoms with E-state index in [1.807, 2.05) is 12.1 Å². The molecule has 30 heavy (non-hydrogen) atoms. The molecule has 0 aliphatic carbocycles. The lowest BCUT2D eigenvalue weighted by Crippen LogP contribution is -2.10. The van der Waals surface area contributed by atoms with Crippen molar-refractivity contribution in [3.05, 3.63) is 64.7 Å². The van der Waals surface area contributed by atoms with Gasteiger partial charge in [-0.25, -0.2) is 9.18 Å². The first kappa shape index (κ1) is 24.0. The molecule has 2 aromatic carbocycles. The predicted molar refractivity (Wildman–Crippen MR) is 118 cm³/mol. The number of hydrogen-bond donors (Lipinski definition) is 0. The van der Waals surface area contributed by atoms with E-state index in [2.05, 4.69) is 13.8 Å². The average Bonchev–Trinajstić information content (AvgIpc) is 2.76.